The summed E-state index contributed by atoms with van der Waals surface area (Å²) in [6.45, 7) is 3.35. The molecule has 0 bridgehead atoms. The third-order valence-electron chi connectivity index (χ3n) is 3.31. The van der Waals surface area contributed by atoms with Crippen LogP contribution in [0.15, 0.2) is 15.9 Å². The molecule has 1 aromatic rings. The van der Waals surface area contributed by atoms with Crippen LogP contribution in [0.25, 0.3) is 0 Å². The van der Waals surface area contributed by atoms with Crippen LogP contribution in [-0.4, -0.2) is 6.04 Å². The summed E-state index contributed by atoms with van der Waals surface area (Å²) in [4.78, 5) is 1.43. The van der Waals surface area contributed by atoms with E-state index in [1.54, 1.807) is 0 Å². The second-order valence-electron chi connectivity index (χ2n) is 4.40. The van der Waals surface area contributed by atoms with Crippen molar-refractivity contribution < 1.29 is 0 Å². The Bertz CT molecular complexity index is 310. The number of hydrogen-bond donors (Lipinski definition) is 1. The van der Waals surface area contributed by atoms with Gasteiger partial charge in [-0.2, -0.15) is 0 Å². The van der Waals surface area contributed by atoms with Crippen LogP contribution in [0, 0.1) is 5.92 Å². The van der Waals surface area contributed by atoms with Crippen molar-refractivity contribution in [3.05, 3.63) is 20.8 Å². The molecule has 0 aliphatic heterocycles. The van der Waals surface area contributed by atoms with E-state index in [2.05, 4.69) is 39.6 Å². The van der Waals surface area contributed by atoms with E-state index < -0.39 is 0 Å². The summed E-state index contributed by atoms with van der Waals surface area (Å²) in [6.07, 6.45) is 5.51. The van der Waals surface area contributed by atoms with Gasteiger partial charge in [0.15, 0.2) is 0 Å². The predicted molar refractivity (Wildman–Crippen MR) is 70.3 cm³/mol. The van der Waals surface area contributed by atoms with Gasteiger partial charge in [0.25, 0.3) is 0 Å². The largest absolute Gasteiger partial charge is 0.309 e. The van der Waals surface area contributed by atoms with Gasteiger partial charge in [0.2, 0.25) is 0 Å². The lowest BCUT2D eigenvalue weighted by Gasteiger charge is -2.11. The van der Waals surface area contributed by atoms with Gasteiger partial charge in [-0.1, -0.05) is 13.3 Å². The Balaban J connectivity index is 1.75. The molecule has 2 rings (SSSR count). The monoisotopic (exact) mass is 287 g/mol. The zero-order valence-corrected chi connectivity index (χ0v) is 11.5. The molecular formula is C12H18BrNS. The molecule has 0 aromatic carbocycles. The van der Waals surface area contributed by atoms with Gasteiger partial charge in [0, 0.05) is 27.3 Å². The minimum absolute atomic E-state index is 0.760. The molecule has 1 N–H and O–H groups in total. The summed E-state index contributed by atoms with van der Waals surface area (Å²) in [5, 5.41) is 5.82. The molecule has 2 atom stereocenters. The average Bonchev–Trinajstić information content (AvgIpc) is 2.83. The normalized spacial score (nSPS) is 26.0. The maximum absolute atomic E-state index is 3.67. The van der Waals surface area contributed by atoms with Crippen molar-refractivity contribution in [2.75, 3.05) is 0 Å². The van der Waals surface area contributed by atoms with E-state index in [1.165, 1.54) is 35.0 Å². The first-order valence-electron chi connectivity index (χ1n) is 5.74. The summed E-state index contributed by atoms with van der Waals surface area (Å²) < 4.78 is 1.21. The molecule has 1 saturated carbocycles. The highest BCUT2D eigenvalue weighted by Crippen LogP contribution is 2.28. The summed E-state index contributed by atoms with van der Waals surface area (Å²) in [6, 6.07) is 2.97. The van der Waals surface area contributed by atoms with Crippen LogP contribution in [0.1, 0.15) is 37.5 Å². The Labute approximate surface area is 104 Å². The molecule has 1 nitrogen and oxygen atoms in total. The van der Waals surface area contributed by atoms with E-state index in [9.17, 15) is 0 Å². The van der Waals surface area contributed by atoms with Crippen molar-refractivity contribution in [2.24, 2.45) is 5.92 Å². The number of rotatable bonds is 4. The van der Waals surface area contributed by atoms with Crippen LogP contribution in [-0.2, 0) is 6.54 Å². The number of hydrogen-bond acceptors (Lipinski definition) is 2. The van der Waals surface area contributed by atoms with E-state index in [4.69, 9.17) is 0 Å². The molecule has 1 aliphatic carbocycles. The highest BCUT2D eigenvalue weighted by Gasteiger charge is 2.22. The molecule has 84 valence electrons. The van der Waals surface area contributed by atoms with Crippen molar-refractivity contribution in [2.45, 2.75) is 45.2 Å². The number of halogens is 1. The van der Waals surface area contributed by atoms with Crippen LogP contribution in [0.2, 0.25) is 0 Å². The summed E-state index contributed by atoms with van der Waals surface area (Å²) in [5.41, 5.74) is 0. The molecule has 0 saturated heterocycles. The van der Waals surface area contributed by atoms with Crippen LogP contribution < -0.4 is 5.32 Å². The minimum atomic E-state index is 0.760. The first kappa shape index (κ1) is 11.6. The Morgan fingerprint density at radius 1 is 1.53 bits per heavy atom. The van der Waals surface area contributed by atoms with E-state index in [0.717, 1.165) is 18.5 Å². The van der Waals surface area contributed by atoms with Crippen molar-refractivity contribution in [3.63, 3.8) is 0 Å². The Hall–Kier alpha value is 0.140. The fourth-order valence-corrected chi connectivity index (χ4v) is 3.72. The van der Waals surface area contributed by atoms with Gasteiger partial charge in [-0.25, -0.2) is 0 Å². The summed E-state index contributed by atoms with van der Waals surface area (Å²) >= 11 is 5.32. The lowest BCUT2D eigenvalue weighted by molar-refractivity contribution is 0.478. The molecule has 0 spiro atoms. The second-order valence-corrected chi connectivity index (χ2v) is 6.31. The fraction of sp³-hybridized carbons (Fsp3) is 0.667. The van der Waals surface area contributed by atoms with Crippen LogP contribution in [0.5, 0.6) is 0 Å². The first-order valence-corrected chi connectivity index (χ1v) is 7.41. The lowest BCUT2D eigenvalue weighted by atomic mass is 10.1. The molecule has 1 aliphatic rings. The van der Waals surface area contributed by atoms with E-state index >= 15 is 0 Å². The molecule has 0 radical (unpaired) electrons. The zero-order chi connectivity index (χ0) is 10.7. The van der Waals surface area contributed by atoms with Crippen molar-refractivity contribution >= 4 is 27.3 Å². The molecule has 1 heterocycles. The van der Waals surface area contributed by atoms with Crippen LogP contribution in [0.3, 0.4) is 0 Å². The standard InChI is InChI=1S/C12H18BrNS/c1-2-9-3-4-11(5-9)14-7-12-6-10(13)8-15-12/h6,8-9,11,14H,2-5,7H2,1H3. The van der Waals surface area contributed by atoms with E-state index in [-0.39, 0.29) is 0 Å². The van der Waals surface area contributed by atoms with Gasteiger partial charge in [-0.3, -0.25) is 0 Å². The quantitative estimate of drug-likeness (QED) is 0.876. The van der Waals surface area contributed by atoms with Gasteiger partial charge < -0.3 is 5.32 Å². The lowest BCUT2D eigenvalue weighted by Crippen LogP contribution is -2.25. The number of thiophene rings is 1. The average molecular weight is 288 g/mol. The van der Waals surface area contributed by atoms with Crippen LogP contribution in [0.4, 0.5) is 0 Å². The third-order valence-corrected chi connectivity index (χ3v) is 5.00. The fourth-order valence-electron chi connectivity index (χ4n) is 2.32. The Kier molecular flexibility index (Phi) is 4.23. The van der Waals surface area contributed by atoms with Gasteiger partial charge in [0.05, 0.1) is 0 Å². The molecular weight excluding hydrogens is 270 g/mol. The van der Waals surface area contributed by atoms with Crippen molar-refractivity contribution in [3.8, 4) is 0 Å². The molecule has 0 amide bonds. The Morgan fingerprint density at radius 3 is 3.00 bits per heavy atom. The molecule has 3 heteroatoms. The Morgan fingerprint density at radius 2 is 2.40 bits per heavy atom. The predicted octanol–water partition coefficient (Wildman–Crippen LogP) is 4.18. The van der Waals surface area contributed by atoms with Crippen LogP contribution >= 0.6 is 27.3 Å². The van der Waals surface area contributed by atoms with Gasteiger partial charge >= 0.3 is 0 Å². The highest BCUT2D eigenvalue weighted by atomic mass is 79.9. The molecule has 15 heavy (non-hydrogen) atoms. The smallest absolute Gasteiger partial charge is 0.0302 e. The zero-order valence-electron chi connectivity index (χ0n) is 9.13. The maximum atomic E-state index is 3.67. The van der Waals surface area contributed by atoms with Crippen molar-refractivity contribution in [1.29, 1.82) is 0 Å². The maximum Gasteiger partial charge on any atom is 0.0302 e. The van der Waals surface area contributed by atoms with E-state index in [0.29, 0.717) is 0 Å². The third kappa shape index (κ3) is 3.30. The van der Waals surface area contributed by atoms with Crippen molar-refractivity contribution in [1.82, 2.24) is 5.32 Å². The van der Waals surface area contributed by atoms with E-state index in [1.807, 2.05) is 11.3 Å². The highest BCUT2D eigenvalue weighted by molar-refractivity contribution is 9.10. The van der Waals surface area contributed by atoms with Gasteiger partial charge in [0.1, 0.15) is 0 Å². The topological polar surface area (TPSA) is 12.0 Å². The molecule has 1 fully saturated rings. The number of nitrogens with one attached hydrogen (secondary N) is 1. The second kappa shape index (κ2) is 5.46. The summed E-state index contributed by atoms with van der Waals surface area (Å²) in [7, 11) is 0. The molecule has 2 unspecified atom stereocenters. The minimum Gasteiger partial charge on any atom is -0.309 e. The summed E-state index contributed by atoms with van der Waals surface area (Å²) in [5.74, 6) is 0.970. The van der Waals surface area contributed by atoms with Gasteiger partial charge in [-0.15, -0.1) is 11.3 Å². The first-order chi connectivity index (χ1) is 7.28. The van der Waals surface area contributed by atoms with Gasteiger partial charge in [-0.05, 0) is 47.2 Å². The SMILES string of the molecule is CCC1CCC(NCc2cc(Br)cs2)C1. The molecule has 1 aromatic heterocycles.